The van der Waals surface area contributed by atoms with Crippen molar-refractivity contribution in [1.29, 1.82) is 0 Å². The molecule has 0 unspecified atom stereocenters. The highest BCUT2D eigenvalue weighted by atomic mass is 127. The number of piperazine rings is 1. The van der Waals surface area contributed by atoms with Crippen molar-refractivity contribution in [3.8, 4) is 0 Å². The Bertz CT molecular complexity index is 808. The predicted molar refractivity (Wildman–Crippen MR) is 127 cm³/mol. The number of nitrogens with zero attached hydrogens (tertiary/aromatic N) is 6. The highest BCUT2D eigenvalue weighted by molar-refractivity contribution is 14.0. The van der Waals surface area contributed by atoms with Gasteiger partial charge in [0.25, 0.3) is 0 Å². The number of hydrogen-bond acceptors (Lipinski definition) is 4. The molecule has 0 saturated carbocycles. The van der Waals surface area contributed by atoms with Crippen molar-refractivity contribution in [3.63, 3.8) is 0 Å². The molecule has 0 radical (unpaired) electrons. The van der Waals surface area contributed by atoms with Crippen LogP contribution in [0.15, 0.2) is 47.7 Å². The molecule has 2 aromatic rings. The van der Waals surface area contributed by atoms with Crippen molar-refractivity contribution >= 4 is 41.5 Å². The molecule has 0 aliphatic carbocycles. The molecule has 1 aliphatic heterocycles. The highest BCUT2D eigenvalue weighted by Gasteiger charge is 2.27. The molecule has 1 saturated heterocycles. The number of hydrogen-bond donors (Lipinski definition) is 1. The van der Waals surface area contributed by atoms with Crippen LogP contribution in [0.25, 0.3) is 0 Å². The van der Waals surface area contributed by atoms with Crippen LogP contribution in [0.2, 0.25) is 0 Å². The van der Waals surface area contributed by atoms with E-state index < -0.39 is 0 Å². The topological polar surface area (TPSA) is 69.0 Å². The lowest BCUT2D eigenvalue weighted by Gasteiger charge is -2.35. The summed E-state index contributed by atoms with van der Waals surface area (Å²) in [4.78, 5) is 23.0. The van der Waals surface area contributed by atoms with E-state index in [0.29, 0.717) is 13.1 Å². The van der Waals surface area contributed by atoms with Gasteiger partial charge in [-0.3, -0.25) is 14.5 Å². The van der Waals surface area contributed by atoms with E-state index in [-0.39, 0.29) is 29.9 Å². The van der Waals surface area contributed by atoms with Gasteiger partial charge in [0.2, 0.25) is 5.91 Å². The molecular formula is C20H30IN7O. The quantitative estimate of drug-likeness (QED) is 0.361. The Labute approximate surface area is 189 Å². The van der Waals surface area contributed by atoms with E-state index in [1.807, 2.05) is 24.2 Å². The number of guanidine groups is 1. The number of carbonyl (C=O) groups is 1. The number of aliphatic imine (C=N–C) groups is 1. The summed E-state index contributed by atoms with van der Waals surface area (Å²) in [5.74, 6) is 0.829. The maximum absolute atomic E-state index is 12.6. The molecule has 29 heavy (non-hydrogen) atoms. The van der Waals surface area contributed by atoms with E-state index in [1.165, 1.54) is 5.56 Å². The second-order valence-electron chi connectivity index (χ2n) is 7.04. The van der Waals surface area contributed by atoms with Crippen LogP contribution in [-0.4, -0.2) is 78.3 Å². The SMILES string of the molecule is CN=C(NCCN(C)Cc1ccccc1)N1CCN(c2cnn(C)c2)C(=O)C1.I. The summed E-state index contributed by atoms with van der Waals surface area (Å²) >= 11 is 0. The first-order valence-electron chi connectivity index (χ1n) is 9.54. The standard InChI is InChI=1S/C20H29N7O.HI/c1-21-20(22-9-10-24(2)14-17-7-5-4-6-8-17)26-11-12-27(19(28)16-26)18-13-23-25(3)15-18;/h4-8,13,15H,9-12,14,16H2,1-3H3,(H,21,22);1H. The van der Waals surface area contributed by atoms with Crippen LogP contribution >= 0.6 is 24.0 Å². The highest BCUT2D eigenvalue weighted by Crippen LogP contribution is 2.16. The summed E-state index contributed by atoms with van der Waals surface area (Å²) in [6.45, 7) is 4.24. The Balaban J connectivity index is 0.00000300. The lowest BCUT2D eigenvalue weighted by atomic mass is 10.2. The van der Waals surface area contributed by atoms with Crippen molar-refractivity contribution in [2.75, 3.05) is 51.7 Å². The molecule has 2 heterocycles. The zero-order valence-electron chi connectivity index (χ0n) is 17.3. The van der Waals surface area contributed by atoms with Gasteiger partial charge in [-0.25, -0.2) is 0 Å². The average molecular weight is 511 g/mol. The van der Waals surface area contributed by atoms with E-state index >= 15 is 0 Å². The number of halogens is 1. The third kappa shape index (κ3) is 6.43. The maximum Gasteiger partial charge on any atom is 0.246 e. The van der Waals surface area contributed by atoms with Crippen LogP contribution in [0.1, 0.15) is 5.56 Å². The molecule has 0 atom stereocenters. The Kier molecular flexibility index (Phi) is 8.90. The lowest BCUT2D eigenvalue weighted by Crippen LogP contribution is -2.55. The van der Waals surface area contributed by atoms with Crippen LogP contribution < -0.4 is 10.2 Å². The summed E-state index contributed by atoms with van der Waals surface area (Å²) in [6.07, 6.45) is 3.59. The van der Waals surface area contributed by atoms with Gasteiger partial charge in [-0.1, -0.05) is 30.3 Å². The van der Waals surface area contributed by atoms with E-state index in [0.717, 1.165) is 37.8 Å². The number of amides is 1. The molecule has 3 rings (SSSR count). The minimum atomic E-state index is 0. The monoisotopic (exact) mass is 511 g/mol. The van der Waals surface area contributed by atoms with E-state index in [1.54, 1.807) is 22.8 Å². The lowest BCUT2D eigenvalue weighted by molar-refractivity contribution is -0.120. The molecule has 158 valence electrons. The minimum Gasteiger partial charge on any atom is -0.355 e. The van der Waals surface area contributed by atoms with Gasteiger partial charge in [0.05, 0.1) is 11.9 Å². The second-order valence-corrected chi connectivity index (χ2v) is 7.04. The molecular weight excluding hydrogens is 481 g/mol. The smallest absolute Gasteiger partial charge is 0.246 e. The molecule has 9 heteroatoms. The fraction of sp³-hybridized carbons (Fsp3) is 0.450. The number of benzene rings is 1. The Morgan fingerprint density at radius 3 is 2.66 bits per heavy atom. The summed E-state index contributed by atoms with van der Waals surface area (Å²) in [5, 5.41) is 7.53. The molecule has 8 nitrogen and oxygen atoms in total. The zero-order chi connectivity index (χ0) is 19.9. The van der Waals surface area contributed by atoms with Gasteiger partial charge in [0, 0.05) is 53.0 Å². The third-order valence-corrected chi connectivity index (χ3v) is 4.81. The summed E-state index contributed by atoms with van der Waals surface area (Å²) in [7, 11) is 5.71. The van der Waals surface area contributed by atoms with Crippen LogP contribution in [0.4, 0.5) is 5.69 Å². The average Bonchev–Trinajstić information content (AvgIpc) is 3.12. The normalized spacial score (nSPS) is 14.9. The van der Waals surface area contributed by atoms with Gasteiger partial charge in [-0.2, -0.15) is 5.10 Å². The van der Waals surface area contributed by atoms with Gasteiger partial charge >= 0.3 is 0 Å². The second kappa shape index (κ2) is 11.1. The van der Waals surface area contributed by atoms with Gasteiger partial charge in [-0.15, -0.1) is 24.0 Å². The van der Waals surface area contributed by atoms with Crippen LogP contribution in [-0.2, 0) is 18.4 Å². The first-order chi connectivity index (χ1) is 13.6. The minimum absolute atomic E-state index is 0. The fourth-order valence-electron chi connectivity index (χ4n) is 3.34. The zero-order valence-corrected chi connectivity index (χ0v) is 19.6. The predicted octanol–water partition coefficient (Wildman–Crippen LogP) is 1.39. The molecule has 1 aromatic carbocycles. The third-order valence-electron chi connectivity index (χ3n) is 4.81. The van der Waals surface area contributed by atoms with Gasteiger partial charge in [0.1, 0.15) is 6.54 Å². The number of nitrogens with one attached hydrogen (secondary N) is 1. The van der Waals surface area contributed by atoms with E-state index in [4.69, 9.17) is 0 Å². The molecule has 1 aromatic heterocycles. The first kappa shape index (κ1) is 23.1. The van der Waals surface area contributed by atoms with Gasteiger partial charge < -0.3 is 20.0 Å². The Morgan fingerprint density at radius 2 is 2.03 bits per heavy atom. The number of anilines is 1. The fourth-order valence-corrected chi connectivity index (χ4v) is 3.34. The first-order valence-corrected chi connectivity index (χ1v) is 9.54. The largest absolute Gasteiger partial charge is 0.355 e. The number of rotatable bonds is 6. The molecule has 1 N–H and O–H groups in total. The number of likely N-dealkylation sites (N-methyl/N-ethyl adjacent to an activating group) is 1. The van der Waals surface area contributed by atoms with Gasteiger partial charge in [-0.05, 0) is 12.6 Å². The Morgan fingerprint density at radius 1 is 1.28 bits per heavy atom. The molecule has 0 spiro atoms. The molecule has 0 bridgehead atoms. The van der Waals surface area contributed by atoms with Crippen molar-refractivity contribution in [1.82, 2.24) is 24.9 Å². The number of aromatic nitrogens is 2. The van der Waals surface area contributed by atoms with Crippen molar-refractivity contribution < 1.29 is 4.79 Å². The number of carbonyl (C=O) groups excluding carboxylic acids is 1. The van der Waals surface area contributed by atoms with Crippen LogP contribution in [0.5, 0.6) is 0 Å². The molecule has 1 fully saturated rings. The number of aryl methyl sites for hydroxylation is 1. The summed E-state index contributed by atoms with van der Waals surface area (Å²) in [6, 6.07) is 10.4. The van der Waals surface area contributed by atoms with Crippen molar-refractivity contribution in [2.45, 2.75) is 6.54 Å². The summed E-state index contributed by atoms with van der Waals surface area (Å²) in [5.41, 5.74) is 2.14. The maximum atomic E-state index is 12.6. The molecule has 1 amide bonds. The Hall–Kier alpha value is -2.14. The van der Waals surface area contributed by atoms with E-state index in [2.05, 4.69) is 51.6 Å². The summed E-state index contributed by atoms with van der Waals surface area (Å²) < 4.78 is 1.71. The van der Waals surface area contributed by atoms with Gasteiger partial charge in [0.15, 0.2) is 5.96 Å². The van der Waals surface area contributed by atoms with E-state index in [9.17, 15) is 4.79 Å². The van der Waals surface area contributed by atoms with Crippen LogP contribution in [0.3, 0.4) is 0 Å². The van der Waals surface area contributed by atoms with Crippen LogP contribution in [0, 0.1) is 0 Å². The molecule has 1 aliphatic rings. The van der Waals surface area contributed by atoms with Crippen molar-refractivity contribution in [2.24, 2.45) is 12.0 Å². The van der Waals surface area contributed by atoms with Crippen molar-refractivity contribution in [3.05, 3.63) is 48.3 Å².